The van der Waals surface area contributed by atoms with Crippen LogP contribution in [0.4, 0.5) is 0 Å². The van der Waals surface area contributed by atoms with Crippen molar-refractivity contribution < 1.29 is 9.59 Å². The normalized spacial score (nSPS) is 16.1. The number of carbonyl (C=O) groups is 2. The van der Waals surface area contributed by atoms with Gasteiger partial charge in [-0.15, -0.1) is 11.3 Å². The second-order valence-corrected chi connectivity index (χ2v) is 6.10. The van der Waals surface area contributed by atoms with Gasteiger partial charge in [0.1, 0.15) is 4.88 Å². The quantitative estimate of drug-likeness (QED) is 0.880. The molecule has 2 amide bonds. The number of thiophene rings is 1. The molecule has 6 heteroatoms. The minimum atomic E-state index is -0.159. The highest BCUT2D eigenvalue weighted by molar-refractivity contribution is 7.21. The first-order valence-electron chi connectivity index (χ1n) is 6.40. The first-order chi connectivity index (χ1) is 9.66. The van der Waals surface area contributed by atoms with Crippen molar-refractivity contribution in [3.05, 3.63) is 34.2 Å². The molecular formula is C14H13ClN2O2S. The summed E-state index contributed by atoms with van der Waals surface area (Å²) in [5.74, 6) is -0.277. The molecule has 2 heterocycles. The van der Waals surface area contributed by atoms with Gasteiger partial charge in [0.2, 0.25) is 5.91 Å². The summed E-state index contributed by atoms with van der Waals surface area (Å²) in [6.07, 6.45) is 0.764. The Kier molecular flexibility index (Phi) is 3.63. The smallest absolute Gasteiger partial charge is 0.265 e. The Morgan fingerprint density at radius 3 is 2.95 bits per heavy atom. The summed E-state index contributed by atoms with van der Waals surface area (Å²) in [5.41, 5.74) is 0. The lowest BCUT2D eigenvalue weighted by molar-refractivity contribution is -0.121. The zero-order valence-electron chi connectivity index (χ0n) is 10.7. The predicted octanol–water partition coefficient (Wildman–Crippen LogP) is 2.52. The first kappa shape index (κ1) is 13.4. The van der Waals surface area contributed by atoms with E-state index >= 15 is 0 Å². The molecule has 0 atom stereocenters. The number of rotatable bonds is 1. The highest BCUT2D eigenvalue weighted by atomic mass is 35.5. The highest BCUT2D eigenvalue weighted by Gasteiger charge is 2.25. The summed E-state index contributed by atoms with van der Waals surface area (Å²) >= 11 is 7.69. The molecule has 1 N–H and O–H groups in total. The van der Waals surface area contributed by atoms with Crippen LogP contribution in [0.25, 0.3) is 10.1 Å². The summed E-state index contributed by atoms with van der Waals surface area (Å²) in [7, 11) is 0. The molecule has 4 nitrogen and oxygen atoms in total. The fraction of sp³-hybridized carbons (Fsp3) is 0.286. The van der Waals surface area contributed by atoms with Gasteiger partial charge in [-0.05, 0) is 12.5 Å². The largest absolute Gasteiger partial charge is 0.354 e. The molecule has 104 valence electrons. The number of benzene rings is 1. The Bertz CT molecular complexity index is 683. The number of nitrogens with zero attached hydrogens (tertiary/aromatic N) is 1. The Hall–Kier alpha value is -1.59. The lowest BCUT2D eigenvalue weighted by atomic mass is 10.2. The van der Waals surface area contributed by atoms with Crippen LogP contribution in [0.1, 0.15) is 16.1 Å². The van der Waals surface area contributed by atoms with E-state index in [4.69, 9.17) is 11.6 Å². The molecular weight excluding hydrogens is 296 g/mol. The fourth-order valence-electron chi connectivity index (χ4n) is 2.27. The van der Waals surface area contributed by atoms with Crippen molar-refractivity contribution in [2.24, 2.45) is 0 Å². The number of hydrogen-bond acceptors (Lipinski definition) is 3. The van der Waals surface area contributed by atoms with Gasteiger partial charge >= 0.3 is 0 Å². The van der Waals surface area contributed by atoms with Crippen LogP contribution >= 0.6 is 22.9 Å². The van der Waals surface area contributed by atoms with Gasteiger partial charge in [0.05, 0.1) is 11.6 Å². The number of amides is 2. The zero-order chi connectivity index (χ0) is 14.1. The fourth-order valence-corrected chi connectivity index (χ4v) is 3.75. The van der Waals surface area contributed by atoms with Gasteiger partial charge in [-0.2, -0.15) is 0 Å². The maximum atomic E-state index is 12.6. The van der Waals surface area contributed by atoms with Crippen LogP contribution in [0.3, 0.4) is 0 Å². The average Bonchev–Trinajstić information content (AvgIpc) is 2.64. The summed E-state index contributed by atoms with van der Waals surface area (Å²) in [4.78, 5) is 26.2. The van der Waals surface area contributed by atoms with Crippen molar-refractivity contribution in [2.75, 3.05) is 19.6 Å². The molecule has 1 fully saturated rings. The van der Waals surface area contributed by atoms with E-state index in [-0.39, 0.29) is 18.4 Å². The third-order valence-electron chi connectivity index (χ3n) is 3.28. The lowest BCUT2D eigenvalue weighted by Crippen LogP contribution is -2.37. The Morgan fingerprint density at radius 2 is 2.15 bits per heavy atom. The van der Waals surface area contributed by atoms with E-state index in [2.05, 4.69) is 5.32 Å². The Labute approximate surface area is 125 Å². The SMILES string of the molecule is O=C1CN(C(=O)c2sc3ccccc3c2Cl)CCCN1. The predicted molar refractivity (Wildman–Crippen MR) is 80.4 cm³/mol. The van der Waals surface area contributed by atoms with Gasteiger partial charge in [-0.1, -0.05) is 29.8 Å². The van der Waals surface area contributed by atoms with Gasteiger partial charge in [-0.3, -0.25) is 9.59 Å². The topological polar surface area (TPSA) is 49.4 Å². The molecule has 0 bridgehead atoms. The molecule has 3 rings (SSSR count). The molecule has 0 spiro atoms. The standard InChI is InChI=1S/C14H13ClN2O2S/c15-12-9-4-1-2-5-10(9)20-13(12)14(19)17-7-3-6-16-11(18)8-17/h1-2,4-5H,3,6-8H2,(H,16,18). The van der Waals surface area contributed by atoms with Crippen molar-refractivity contribution in [1.82, 2.24) is 10.2 Å². The number of hydrogen-bond donors (Lipinski definition) is 1. The van der Waals surface area contributed by atoms with E-state index in [1.165, 1.54) is 11.3 Å². The zero-order valence-corrected chi connectivity index (χ0v) is 12.3. The molecule has 1 saturated heterocycles. The monoisotopic (exact) mass is 308 g/mol. The number of halogens is 1. The van der Waals surface area contributed by atoms with Crippen molar-refractivity contribution in [3.63, 3.8) is 0 Å². The second-order valence-electron chi connectivity index (χ2n) is 4.67. The van der Waals surface area contributed by atoms with Crippen molar-refractivity contribution >= 4 is 44.8 Å². The van der Waals surface area contributed by atoms with Crippen molar-refractivity contribution in [3.8, 4) is 0 Å². The van der Waals surface area contributed by atoms with E-state index in [1.807, 2.05) is 24.3 Å². The molecule has 0 radical (unpaired) electrons. The molecule has 0 saturated carbocycles. The third kappa shape index (κ3) is 2.39. The van der Waals surface area contributed by atoms with Gasteiger partial charge in [0.25, 0.3) is 5.91 Å². The Balaban J connectivity index is 1.95. The van der Waals surface area contributed by atoms with Crippen molar-refractivity contribution in [2.45, 2.75) is 6.42 Å². The molecule has 1 aromatic carbocycles. The molecule has 20 heavy (non-hydrogen) atoms. The Morgan fingerprint density at radius 1 is 1.35 bits per heavy atom. The van der Waals surface area contributed by atoms with Crippen LogP contribution in [-0.4, -0.2) is 36.3 Å². The number of fused-ring (bicyclic) bond motifs is 1. The van der Waals surface area contributed by atoms with Crippen LogP contribution in [0, 0.1) is 0 Å². The maximum Gasteiger partial charge on any atom is 0.265 e. The van der Waals surface area contributed by atoms with E-state index in [9.17, 15) is 9.59 Å². The summed E-state index contributed by atoms with van der Waals surface area (Å²) in [6.45, 7) is 1.29. The van der Waals surface area contributed by atoms with Crippen molar-refractivity contribution in [1.29, 1.82) is 0 Å². The van der Waals surface area contributed by atoms with Crippen LogP contribution < -0.4 is 5.32 Å². The van der Waals surface area contributed by atoms with Gasteiger partial charge < -0.3 is 10.2 Å². The van der Waals surface area contributed by atoms with E-state index in [1.54, 1.807) is 4.90 Å². The summed E-state index contributed by atoms with van der Waals surface area (Å²) in [5, 5.41) is 4.14. The lowest BCUT2D eigenvalue weighted by Gasteiger charge is -2.18. The molecule has 2 aromatic rings. The van der Waals surface area contributed by atoms with E-state index in [0.29, 0.717) is 23.0 Å². The summed E-state index contributed by atoms with van der Waals surface area (Å²) in [6, 6.07) is 7.66. The molecule has 0 aliphatic carbocycles. The van der Waals surface area contributed by atoms with E-state index in [0.717, 1.165) is 16.5 Å². The van der Waals surface area contributed by atoms with E-state index < -0.39 is 0 Å². The minimum Gasteiger partial charge on any atom is -0.354 e. The third-order valence-corrected chi connectivity index (χ3v) is 4.94. The maximum absolute atomic E-state index is 12.6. The second kappa shape index (κ2) is 5.42. The first-order valence-corrected chi connectivity index (χ1v) is 7.59. The average molecular weight is 309 g/mol. The number of carbonyl (C=O) groups excluding carboxylic acids is 2. The van der Waals surface area contributed by atoms with Crippen LogP contribution in [-0.2, 0) is 4.79 Å². The molecule has 1 aromatic heterocycles. The number of nitrogens with one attached hydrogen (secondary N) is 1. The van der Waals surface area contributed by atoms with Gasteiger partial charge in [0.15, 0.2) is 0 Å². The van der Waals surface area contributed by atoms with Crippen LogP contribution in [0.5, 0.6) is 0 Å². The van der Waals surface area contributed by atoms with Gasteiger partial charge in [-0.25, -0.2) is 0 Å². The van der Waals surface area contributed by atoms with Crippen LogP contribution in [0.15, 0.2) is 24.3 Å². The summed E-state index contributed by atoms with van der Waals surface area (Å²) < 4.78 is 0.986. The van der Waals surface area contributed by atoms with Crippen LogP contribution in [0.2, 0.25) is 5.02 Å². The molecule has 0 unspecified atom stereocenters. The molecule has 1 aliphatic heterocycles. The molecule has 1 aliphatic rings. The van der Waals surface area contributed by atoms with Gasteiger partial charge in [0, 0.05) is 23.2 Å². The minimum absolute atomic E-state index is 0.101. The highest BCUT2D eigenvalue weighted by Crippen LogP contribution is 2.35.